The monoisotopic (exact) mass is 575 g/mol. The van der Waals surface area contributed by atoms with Crippen LogP contribution in [-0.4, -0.2) is 23.5 Å². The lowest BCUT2D eigenvalue weighted by Gasteiger charge is -2.41. The molecule has 1 amide bonds. The first-order valence-electron chi connectivity index (χ1n) is 9.29. The molecule has 6 nitrogen and oxygen atoms in total. The van der Waals surface area contributed by atoms with Gasteiger partial charge in [0, 0.05) is 38.3 Å². The van der Waals surface area contributed by atoms with Gasteiger partial charge < -0.3 is 9.47 Å². The molecule has 2 aliphatic heterocycles. The predicted octanol–water partition coefficient (Wildman–Crippen LogP) is 5.00. The van der Waals surface area contributed by atoms with Gasteiger partial charge >= 0.3 is 0 Å². The van der Waals surface area contributed by atoms with Gasteiger partial charge in [0.1, 0.15) is 5.75 Å². The molecule has 30 heavy (non-hydrogen) atoms. The molecule has 0 bridgehead atoms. The number of rotatable bonds is 1. The lowest BCUT2D eigenvalue weighted by Crippen LogP contribution is -2.46. The summed E-state index contributed by atoms with van der Waals surface area (Å²) in [5.74, 6) is 0.907. The maximum atomic E-state index is 12.7. The number of amidine groups is 1. The number of aliphatic imine (C=N–C) groups is 1. The first kappa shape index (κ1) is 19.5. The molecule has 0 unspecified atom stereocenters. The number of hydrogen-bond donors (Lipinski definition) is 1. The number of carbonyl (C=O) groups is 1. The fraction of sp³-hybridized carbons (Fsp3) is 0.136. The molecular weight excluding hydrogens is 561 g/mol. The van der Waals surface area contributed by atoms with E-state index in [0.29, 0.717) is 30.2 Å². The van der Waals surface area contributed by atoms with Gasteiger partial charge in [0.15, 0.2) is 5.60 Å². The third-order valence-corrected chi connectivity index (χ3v) is 6.19. The number of carbonyl (C=O) groups excluding carboxylic acids is 1. The molecule has 5 rings (SSSR count). The number of pyridine rings is 1. The van der Waals surface area contributed by atoms with E-state index in [1.165, 1.54) is 0 Å². The SMILES string of the molecule is O=C(NC1=NCC[C@]2(O1)c1cc(I)ccc1Oc1ncc(Br)cc12)c1ccccc1. The van der Waals surface area contributed by atoms with Gasteiger partial charge in [-0.25, -0.2) is 9.98 Å². The molecule has 3 heterocycles. The van der Waals surface area contributed by atoms with Crippen molar-refractivity contribution >= 4 is 50.4 Å². The highest BCUT2D eigenvalue weighted by molar-refractivity contribution is 14.1. The summed E-state index contributed by atoms with van der Waals surface area (Å²) in [4.78, 5) is 21.5. The van der Waals surface area contributed by atoms with E-state index in [9.17, 15) is 4.79 Å². The van der Waals surface area contributed by atoms with E-state index in [0.717, 1.165) is 19.2 Å². The smallest absolute Gasteiger partial charge is 0.292 e. The molecule has 0 fully saturated rings. The average molecular weight is 576 g/mol. The minimum atomic E-state index is -0.859. The summed E-state index contributed by atoms with van der Waals surface area (Å²) in [5.41, 5.74) is 1.37. The van der Waals surface area contributed by atoms with Crippen LogP contribution in [0.15, 0.2) is 70.3 Å². The van der Waals surface area contributed by atoms with Crippen molar-refractivity contribution in [3.8, 4) is 11.6 Å². The zero-order valence-corrected chi connectivity index (χ0v) is 19.3. The second kappa shape index (κ2) is 7.66. The van der Waals surface area contributed by atoms with Crippen molar-refractivity contribution in [2.24, 2.45) is 4.99 Å². The van der Waals surface area contributed by atoms with Gasteiger partial charge in [-0.15, -0.1) is 0 Å². The zero-order valence-electron chi connectivity index (χ0n) is 15.6. The Balaban J connectivity index is 1.57. The molecule has 3 aromatic rings. The van der Waals surface area contributed by atoms with Crippen molar-refractivity contribution in [3.05, 3.63) is 85.5 Å². The van der Waals surface area contributed by atoms with Crippen LogP contribution in [-0.2, 0) is 10.3 Å². The first-order chi connectivity index (χ1) is 14.5. The van der Waals surface area contributed by atoms with Crippen LogP contribution in [0.4, 0.5) is 0 Å². The Morgan fingerprint density at radius 2 is 1.97 bits per heavy atom. The zero-order chi connectivity index (χ0) is 20.7. The highest BCUT2D eigenvalue weighted by Gasteiger charge is 2.48. The van der Waals surface area contributed by atoms with Gasteiger partial charge in [-0.3, -0.25) is 10.1 Å². The van der Waals surface area contributed by atoms with E-state index in [1.54, 1.807) is 18.3 Å². The molecule has 8 heteroatoms. The third kappa shape index (κ3) is 3.37. The Kier molecular flexibility index (Phi) is 4.98. The average Bonchev–Trinajstić information content (AvgIpc) is 2.76. The van der Waals surface area contributed by atoms with E-state index in [1.807, 2.05) is 42.5 Å². The number of nitrogens with one attached hydrogen (secondary N) is 1. The quantitative estimate of drug-likeness (QED) is 0.414. The Morgan fingerprint density at radius 3 is 2.80 bits per heavy atom. The van der Waals surface area contributed by atoms with Crippen molar-refractivity contribution in [2.45, 2.75) is 12.0 Å². The largest absolute Gasteiger partial charge is 0.448 e. The number of aromatic nitrogens is 1. The van der Waals surface area contributed by atoms with Crippen LogP contribution in [0.3, 0.4) is 0 Å². The molecule has 0 aliphatic carbocycles. The Morgan fingerprint density at radius 1 is 1.13 bits per heavy atom. The van der Waals surface area contributed by atoms with Gasteiger partial charge in [-0.05, 0) is 74.9 Å². The summed E-state index contributed by atoms with van der Waals surface area (Å²) < 4.78 is 14.4. The van der Waals surface area contributed by atoms with Crippen LogP contribution in [0.1, 0.15) is 27.9 Å². The fourth-order valence-corrected chi connectivity index (χ4v) is 4.54. The van der Waals surface area contributed by atoms with Gasteiger partial charge in [-0.2, -0.15) is 0 Å². The molecule has 0 saturated carbocycles. The number of nitrogens with zero attached hydrogens (tertiary/aromatic N) is 2. The fourth-order valence-electron chi connectivity index (χ4n) is 3.72. The van der Waals surface area contributed by atoms with Crippen molar-refractivity contribution in [2.75, 3.05) is 6.54 Å². The molecule has 2 aromatic carbocycles. The lowest BCUT2D eigenvalue weighted by molar-refractivity contribution is 0.0563. The Hall–Kier alpha value is -2.46. The third-order valence-electron chi connectivity index (χ3n) is 5.08. The maximum absolute atomic E-state index is 12.7. The van der Waals surface area contributed by atoms with Gasteiger partial charge in [-0.1, -0.05) is 18.2 Å². The molecule has 1 atom stereocenters. The number of fused-ring (bicyclic) bond motifs is 4. The van der Waals surface area contributed by atoms with Crippen LogP contribution in [0.25, 0.3) is 0 Å². The number of amides is 1. The van der Waals surface area contributed by atoms with E-state index in [2.05, 4.69) is 53.8 Å². The summed E-state index contributed by atoms with van der Waals surface area (Å²) in [6, 6.07) is 17.1. The molecule has 1 N–H and O–H groups in total. The molecule has 0 radical (unpaired) electrons. The van der Waals surface area contributed by atoms with Crippen LogP contribution < -0.4 is 10.1 Å². The van der Waals surface area contributed by atoms with Crippen LogP contribution >= 0.6 is 38.5 Å². The standard InChI is InChI=1S/C22H15BrIN3O3/c23-14-10-17-20(26-12-14)29-18-7-6-15(24)11-16(18)22(17)8-9-25-21(30-22)27-19(28)13-4-2-1-3-5-13/h1-7,10-12H,8-9H2,(H,25,27,28)/t22-/m0/s1. The van der Waals surface area contributed by atoms with Gasteiger partial charge in [0.05, 0.1) is 5.56 Å². The van der Waals surface area contributed by atoms with Crippen molar-refractivity contribution in [3.63, 3.8) is 0 Å². The predicted molar refractivity (Wildman–Crippen MR) is 124 cm³/mol. The summed E-state index contributed by atoms with van der Waals surface area (Å²) in [5, 5.41) is 2.81. The number of hydrogen-bond acceptors (Lipinski definition) is 5. The Labute approximate surface area is 195 Å². The molecule has 0 saturated heterocycles. The van der Waals surface area contributed by atoms with Crippen LogP contribution in [0, 0.1) is 3.57 Å². The van der Waals surface area contributed by atoms with E-state index in [4.69, 9.17) is 9.47 Å². The van der Waals surface area contributed by atoms with Crippen molar-refractivity contribution in [1.82, 2.24) is 10.3 Å². The van der Waals surface area contributed by atoms with E-state index in [-0.39, 0.29) is 11.9 Å². The summed E-state index contributed by atoms with van der Waals surface area (Å²) in [6.45, 7) is 0.487. The van der Waals surface area contributed by atoms with Crippen LogP contribution in [0.2, 0.25) is 0 Å². The minimum absolute atomic E-state index is 0.188. The molecular formula is C22H15BrIN3O3. The first-order valence-corrected chi connectivity index (χ1v) is 11.2. The molecule has 1 spiro atoms. The van der Waals surface area contributed by atoms with Crippen molar-refractivity contribution < 1.29 is 14.3 Å². The van der Waals surface area contributed by atoms with E-state index < -0.39 is 5.60 Å². The topological polar surface area (TPSA) is 72.8 Å². The highest BCUT2D eigenvalue weighted by atomic mass is 127. The second-order valence-electron chi connectivity index (χ2n) is 6.93. The summed E-state index contributed by atoms with van der Waals surface area (Å²) >= 11 is 5.77. The van der Waals surface area contributed by atoms with Gasteiger partial charge in [0.25, 0.3) is 11.9 Å². The normalized spacial score (nSPS) is 19.1. The van der Waals surface area contributed by atoms with Gasteiger partial charge in [0.2, 0.25) is 5.88 Å². The molecule has 150 valence electrons. The maximum Gasteiger partial charge on any atom is 0.292 e. The van der Waals surface area contributed by atoms with E-state index >= 15 is 0 Å². The lowest BCUT2D eigenvalue weighted by atomic mass is 9.81. The van der Waals surface area contributed by atoms with Crippen molar-refractivity contribution in [1.29, 1.82) is 0 Å². The Bertz CT molecular complexity index is 1130. The molecule has 1 aromatic heterocycles. The van der Waals surface area contributed by atoms with Crippen LogP contribution in [0.5, 0.6) is 11.6 Å². The minimum Gasteiger partial charge on any atom is -0.448 e. The number of ether oxygens (including phenoxy) is 2. The molecule has 2 aliphatic rings. The number of halogens is 2. The number of benzene rings is 2. The summed E-state index contributed by atoms with van der Waals surface area (Å²) in [6.07, 6.45) is 2.29. The highest BCUT2D eigenvalue weighted by Crippen LogP contribution is 2.51. The summed E-state index contributed by atoms with van der Waals surface area (Å²) in [7, 11) is 0. The second-order valence-corrected chi connectivity index (χ2v) is 9.10.